The molecule has 0 radical (unpaired) electrons. The Kier molecular flexibility index (Phi) is 4.87. The maximum atomic E-state index is 15.1. The number of fused-ring (bicyclic) bond motifs is 1. The van der Waals surface area contributed by atoms with Crippen LogP contribution in [0.4, 0.5) is 10.2 Å². The van der Waals surface area contributed by atoms with E-state index in [1.165, 1.54) is 33.8 Å². The minimum Gasteiger partial charge on any atom is -0.439 e. The summed E-state index contributed by atoms with van der Waals surface area (Å²) in [6.45, 7) is 3.48. The Morgan fingerprint density at radius 1 is 1.12 bits per heavy atom. The van der Waals surface area contributed by atoms with Gasteiger partial charge in [0, 0.05) is 18.5 Å². The quantitative estimate of drug-likeness (QED) is 0.324. The Morgan fingerprint density at radius 2 is 1.94 bits per heavy atom. The minimum absolute atomic E-state index is 0.0930. The Labute approximate surface area is 186 Å². The molecule has 0 atom stereocenters. The Hall–Kier alpha value is -4.86. The average molecular weight is 441 g/mol. The molecule has 0 aliphatic heterocycles. The number of hydrogen-bond acceptors (Lipinski definition) is 7. The van der Waals surface area contributed by atoms with E-state index in [0.717, 1.165) is 0 Å². The summed E-state index contributed by atoms with van der Waals surface area (Å²) in [7, 11) is 0. The molecule has 9 nitrogen and oxygen atoms in total. The van der Waals surface area contributed by atoms with Crippen molar-refractivity contribution in [1.29, 1.82) is 0 Å². The fourth-order valence-corrected chi connectivity index (χ4v) is 3.36. The first-order valence-electron chi connectivity index (χ1n) is 9.79. The molecule has 0 aliphatic rings. The van der Waals surface area contributed by atoms with Crippen molar-refractivity contribution in [2.45, 2.75) is 0 Å². The highest BCUT2D eigenvalue weighted by atomic mass is 19.1. The molecule has 4 aromatic heterocycles. The molecule has 0 bridgehead atoms. The number of halogens is 1. The molecule has 0 fully saturated rings. The zero-order valence-corrected chi connectivity index (χ0v) is 17.1. The van der Waals surface area contributed by atoms with Crippen LogP contribution in [0.15, 0.2) is 79.9 Å². The van der Waals surface area contributed by atoms with Crippen molar-refractivity contribution in [3.63, 3.8) is 0 Å². The number of nitrogens with zero attached hydrogens (tertiary/aromatic N) is 6. The average Bonchev–Trinajstić information content (AvgIpc) is 3.45. The number of nitrogen functional groups attached to an aromatic ring is 1. The van der Waals surface area contributed by atoms with Crippen molar-refractivity contribution < 1.29 is 13.9 Å². The number of carbonyl (C=O) groups is 1. The molecule has 162 valence electrons. The van der Waals surface area contributed by atoms with Crippen LogP contribution in [-0.2, 0) is 0 Å². The summed E-state index contributed by atoms with van der Waals surface area (Å²) in [6.07, 6.45) is 5.60. The summed E-state index contributed by atoms with van der Waals surface area (Å²) < 4.78 is 23.5. The van der Waals surface area contributed by atoms with Gasteiger partial charge in [-0.1, -0.05) is 24.8 Å². The minimum atomic E-state index is -0.794. The molecule has 0 saturated heterocycles. The van der Waals surface area contributed by atoms with Gasteiger partial charge >= 0.3 is 0 Å². The number of ether oxygens (including phenoxy) is 1. The summed E-state index contributed by atoms with van der Waals surface area (Å²) in [5, 5.41) is 4.89. The molecule has 5 rings (SSSR count). The van der Waals surface area contributed by atoms with E-state index in [9.17, 15) is 4.79 Å². The van der Waals surface area contributed by atoms with Gasteiger partial charge in [-0.3, -0.25) is 9.36 Å². The van der Waals surface area contributed by atoms with Gasteiger partial charge in [0.1, 0.15) is 23.6 Å². The third-order valence-corrected chi connectivity index (χ3v) is 4.89. The maximum Gasteiger partial charge on any atom is 0.254 e. The second kappa shape index (κ2) is 8.00. The number of hydrogen-bond donors (Lipinski definition) is 1. The van der Waals surface area contributed by atoms with Crippen LogP contribution in [0.2, 0.25) is 0 Å². The van der Waals surface area contributed by atoms with Gasteiger partial charge in [-0.25, -0.2) is 14.6 Å². The van der Waals surface area contributed by atoms with Crippen molar-refractivity contribution in [2.75, 3.05) is 5.73 Å². The third-order valence-electron chi connectivity index (χ3n) is 4.89. The number of nitrogens with two attached hydrogens (primary N) is 1. The van der Waals surface area contributed by atoms with Crippen LogP contribution in [0.5, 0.6) is 11.6 Å². The van der Waals surface area contributed by atoms with Crippen LogP contribution < -0.4 is 10.5 Å². The molecule has 0 aliphatic carbocycles. The topological polar surface area (TPSA) is 114 Å². The number of pyridine rings is 1. The first-order chi connectivity index (χ1) is 16.0. The van der Waals surface area contributed by atoms with Crippen molar-refractivity contribution in [3.05, 3.63) is 85.9 Å². The van der Waals surface area contributed by atoms with Gasteiger partial charge in [-0.2, -0.15) is 14.5 Å². The summed E-state index contributed by atoms with van der Waals surface area (Å²) in [6, 6.07) is 13.6. The Balaban J connectivity index is 1.61. The number of aromatic nitrogens is 6. The molecule has 4 heterocycles. The summed E-state index contributed by atoms with van der Waals surface area (Å²) in [5.74, 6) is -0.348. The van der Waals surface area contributed by atoms with E-state index in [1.54, 1.807) is 42.7 Å². The SMILES string of the molecule is C=CC(=O)n1ccc(-n2nc(-c3ccc(Oc4ccccc4)nc3F)c3c(N)ncnc32)c1. The molecule has 5 aromatic rings. The van der Waals surface area contributed by atoms with Gasteiger partial charge in [0.05, 0.1) is 16.6 Å². The van der Waals surface area contributed by atoms with Gasteiger partial charge in [-0.15, -0.1) is 0 Å². The van der Waals surface area contributed by atoms with Gasteiger partial charge < -0.3 is 10.5 Å². The van der Waals surface area contributed by atoms with Gasteiger partial charge in [-0.05, 0) is 30.3 Å². The molecule has 0 spiro atoms. The number of para-hydroxylation sites is 1. The zero-order valence-electron chi connectivity index (χ0n) is 17.1. The summed E-state index contributed by atoms with van der Waals surface area (Å²) >= 11 is 0. The van der Waals surface area contributed by atoms with E-state index in [1.807, 2.05) is 6.07 Å². The summed E-state index contributed by atoms with van der Waals surface area (Å²) in [5.41, 5.74) is 7.29. The van der Waals surface area contributed by atoms with Crippen LogP contribution in [-0.4, -0.2) is 35.2 Å². The van der Waals surface area contributed by atoms with Crippen molar-refractivity contribution in [2.24, 2.45) is 0 Å². The van der Waals surface area contributed by atoms with Gasteiger partial charge in [0.2, 0.25) is 11.8 Å². The Bertz CT molecular complexity index is 1510. The molecule has 0 amide bonds. The first kappa shape index (κ1) is 20.1. The zero-order chi connectivity index (χ0) is 22.9. The third kappa shape index (κ3) is 3.59. The highest BCUT2D eigenvalue weighted by Gasteiger charge is 2.22. The second-order valence-corrected chi connectivity index (χ2v) is 6.94. The lowest BCUT2D eigenvalue weighted by Crippen LogP contribution is -2.04. The largest absolute Gasteiger partial charge is 0.439 e. The van der Waals surface area contributed by atoms with Crippen molar-refractivity contribution >= 4 is 22.8 Å². The van der Waals surface area contributed by atoms with Crippen LogP contribution in [0, 0.1) is 5.95 Å². The number of carbonyl (C=O) groups excluding carboxylic acids is 1. The first-order valence-corrected chi connectivity index (χ1v) is 9.79. The normalized spacial score (nSPS) is 10.9. The molecule has 33 heavy (non-hydrogen) atoms. The molecule has 1 aromatic carbocycles. The standard InChI is InChI=1S/C23H16FN7O2/c1-2-18(32)30-11-10-14(12-30)31-23-19(22(25)26-13-27-23)20(29-31)16-8-9-17(28-21(16)24)33-15-6-4-3-5-7-15/h2-13H,1H2,(H2,25,26,27). The lowest BCUT2D eigenvalue weighted by Gasteiger charge is -2.06. The molecule has 0 saturated carbocycles. The van der Waals surface area contributed by atoms with Crippen LogP contribution in [0.3, 0.4) is 0 Å². The number of allylic oxidation sites excluding steroid dienone is 1. The molecule has 0 unspecified atom stereocenters. The summed E-state index contributed by atoms with van der Waals surface area (Å²) in [4.78, 5) is 24.1. The van der Waals surface area contributed by atoms with E-state index in [0.29, 0.717) is 22.5 Å². The highest BCUT2D eigenvalue weighted by Crippen LogP contribution is 2.33. The Morgan fingerprint density at radius 3 is 2.70 bits per heavy atom. The van der Waals surface area contributed by atoms with E-state index < -0.39 is 5.95 Å². The predicted molar refractivity (Wildman–Crippen MR) is 120 cm³/mol. The van der Waals surface area contributed by atoms with Crippen LogP contribution >= 0.6 is 0 Å². The maximum absolute atomic E-state index is 15.1. The van der Waals surface area contributed by atoms with E-state index in [4.69, 9.17) is 10.5 Å². The lowest BCUT2D eigenvalue weighted by atomic mass is 10.1. The molecule has 2 N–H and O–H groups in total. The number of benzene rings is 1. The predicted octanol–water partition coefficient (Wildman–Crippen LogP) is 4.02. The van der Waals surface area contributed by atoms with Crippen molar-refractivity contribution in [1.82, 2.24) is 29.3 Å². The lowest BCUT2D eigenvalue weighted by molar-refractivity contribution is 0.0969. The molecular weight excluding hydrogens is 425 g/mol. The number of rotatable bonds is 5. The van der Waals surface area contributed by atoms with Crippen molar-refractivity contribution in [3.8, 4) is 28.6 Å². The molecular formula is C23H16FN7O2. The van der Waals surface area contributed by atoms with E-state index >= 15 is 4.39 Å². The van der Waals surface area contributed by atoms with E-state index in [-0.39, 0.29) is 28.9 Å². The molecule has 10 heteroatoms. The smallest absolute Gasteiger partial charge is 0.254 e. The fourth-order valence-electron chi connectivity index (χ4n) is 3.36. The van der Waals surface area contributed by atoms with Crippen LogP contribution in [0.25, 0.3) is 28.0 Å². The highest BCUT2D eigenvalue weighted by molar-refractivity contribution is 5.99. The monoisotopic (exact) mass is 441 g/mol. The van der Waals surface area contributed by atoms with E-state index in [2.05, 4.69) is 26.6 Å². The second-order valence-electron chi connectivity index (χ2n) is 6.94. The van der Waals surface area contributed by atoms with Gasteiger partial charge in [0.25, 0.3) is 5.91 Å². The fraction of sp³-hybridized carbons (Fsp3) is 0. The van der Waals surface area contributed by atoms with Crippen LogP contribution in [0.1, 0.15) is 4.79 Å². The van der Waals surface area contributed by atoms with Gasteiger partial charge in [0.15, 0.2) is 5.65 Å². The number of anilines is 1.